The highest BCUT2D eigenvalue weighted by Crippen LogP contribution is 2.19. The predicted molar refractivity (Wildman–Crippen MR) is 104 cm³/mol. The number of carbonyl (C=O) groups is 1. The molecule has 6 nitrogen and oxygen atoms in total. The summed E-state index contributed by atoms with van der Waals surface area (Å²) in [4.78, 5) is 14.9. The predicted octanol–water partition coefficient (Wildman–Crippen LogP) is 2.10. The van der Waals surface area contributed by atoms with Gasteiger partial charge in [-0.05, 0) is 50.0 Å². The molecule has 1 aromatic carbocycles. The minimum absolute atomic E-state index is 0.0164. The second kappa shape index (κ2) is 10.6. The summed E-state index contributed by atoms with van der Waals surface area (Å²) in [6, 6.07) is 7.34. The number of hydrogen-bond acceptors (Lipinski definition) is 5. The fraction of sp³-hybridized carbons (Fsp3) is 0.667. The van der Waals surface area contributed by atoms with Gasteiger partial charge in [-0.1, -0.05) is 25.0 Å². The van der Waals surface area contributed by atoms with Crippen molar-refractivity contribution in [3.05, 3.63) is 29.8 Å². The fourth-order valence-corrected chi connectivity index (χ4v) is 3.74. The Kier molecular flexibility index (Phi) is 7.93. The van der Waals surface area contributed by atoms with E-state index in [4.69, 9.17) is 14.6 Å². The number of ether oxygens (including phenoxy) is 2. The van der Waals surface area contributed by atoms with Crippen LogP contribution in [0.5, 0.6) is 5.75 Å². The van der Waals surface area contributed by atoms with Crippen molar-refractivity contribution in [1.29, 1.82) is 0 Å². The maximum atomic E-state index is 12.5. The maximum Gasteiger partial charge on any atom is 0.221 e. The SMILES string of the molecule is O=C(CCN1CCCCCC1)N[C@@H]1CCOC[C@H]1Oc1ccc(CO)cc1. The molecule has 2 fully saturated rings. The summed E-state index contributed by atoms with van der Waals surface area (Å²) in [6.45, 7) is 4.19. The fourth-order valence-electron chi connectivity index (χ4n) is 3.74. The topological polar surface area (TPSA) is 71.0 Å². The van der Waals surface area contributed by atoms with Crippen LogP contribution in [-0.4, -0.2) is 60.9 Å². The van der Waals surface area contributed by atoms with Crippen LogP contribution in [0.1, 0.15) is 44.1 Å². The molecule has 2 atom stereocenters. The molecular weight excluding hydrogens is 344 g/mol. The number of aliphatic hydroxyl groups is 1. The lowest BCUT2D eigenvalue weighted by Crippen LogP contribution is -2.51. The molecule has 27 heavy (non-hydrogen) atoms. The number of rotatable bonds is 7. The average Bonchev–Trinajstić information content (AvgIpc) is 2.97. The van der Waals surface area contributed by atoms with Crippen LogP contribution in [0, 0.1) is 0 Å². The minimum atomic E-state index is -0.194. The van der Waals surface area contributed by atoms with E-state index in [9.17, 15) is 4.79 Å². The van der Waals surface area contributed by atoms with E-state index in [1.807, 2.05) is 24.3 Å². The van der Waals surface area contributed by atoms with E-state index in [0.29, 0.717) is 19.6 Å². The summed E-state index contributed by atoms with van der Waals surface area (Å²) >= 11 is 0. The van der Waals surface area contributed by atoms with Crippen molar-refractivity contribution in [2.45, 2.75) is 57.3 Å². The van der Waals surface area contributed by atoms with Gasteiger partial charge in [0.05, 0.1) is 19.3 Å². The van der Waals surface area contributed by atoms with Crippen molar-refractivity contribution in [3.8, 4) is 5.75 Å². The van der Waals surface area contributed by atoms with Crippen molar-refractivity contribution >= 4 is 5.91 Å². The molecule has 6 heteroatoms. The Morgan fingerprint density at radius 3 is 2.63 bits per heavy atom. The molecule has 0 spiro atoms. The Balaban J connectivity index is 1.47. The number of amides is 1. The lowest BCUT2D eigenvalue weighted by molar-refractivity contribution is -0.124. The van der Waals surface area contributed by atoms with E-state index in [0.717, 1.165) is 37.4 Å². The van der Waals surface area contributed by atoms with Crippen LogP contribution in [0.15, 0.2) is 24.3 Å². The van der Waals surface area contributed by atoms with E-state index in [2.05, 4.69) is 10.2 Å². The zero-order valence-electron chi connectivity index (χ0n) is 16.1. The first-order valence-electron chi connectivity index (χ1n) is 10.2. The molecule has 150 valence electrons. The van der Waals surface area contributed by atoms with E-state index >= 15 is 0 Å². The molecular formula is C21H32N2O4. The molecule has 2 saturated heterocycles. The Morgan fingerprint density at radius 1 is 1.19 bits per heavy atom. The van der Waals surface area contributed by atoms with Crippen LogP contribution in [0.3, 0.4) is 0 Å². The molecule has 1 amide bonds. The number of carbonyl (C=O) groups excluding carboxylic acids is 1. The summed E-state index contributed by atoms with van der Waals surface area (Å²) in [6.07, 6.45) is 6.20. The van der Waals surface area contributed by atoms with Gasteiger partial charge in [-0.15, -0.1) is 0 Å². The summed E-state index contributed by atoms with van der Waals surface area (Å²) < 4.78 is 11.6. The van der Waals surface area contributed by atoms with Gasteiger partial charge in [0.25, 0.3) is 0 Å². The van der Waals surface area contributed by atoms with Gasteiger partial charge in [-0.2, -0.15) is 0 Å². The molecule has 2 heterocycles. The summed E-state index contributed by atoms with van der Waals surface area (Å²) in [7, 11) is 0. The molecule has 1 aromatic rings. The number of hydrogen-bond donors (Lipinski definition) is 2. The van der Waals surface area contributed by atoms with Gasteiger partial charge in [0.2, 0.25) is 5.91 Å². The van der Waals surface area contributed by atoms with E-state index in [1.165, 1.54) is 25.7 Å². The van der Waals surface area contributed by atoms with Crippen LogP contribution in [0.25, 0.3) is 0 Å². The lowest BCUT2D eigenvalue weighted by atomic mass is 10.1. The first-order valence-corrected chi connectivity index (χ1v) is 10.2. The smallest absolute Gasteiger partial charge is 0.221 e. The van der Waals surface area contributed by atoms with Gasteiger partial charge in [-0.3, -0.25) is 4.79 Å². The Labute approximate surface area is 161 Å². The van der Waals surface area contributed by atoms with Crippen LogP contribution in [-0.2, 0) is 16.1 Å². The van der Waals surface area contributed by atoms with Gasteiger partial charge in [0, 0.05) is 19.6 Å². The van der Waals surface area contributed by atoms with E-state index < -0.39 is 0 Å². The van der Waals surface area contributed by atoms with Gasteiger partial charge in [-0.25, -0.2) is 0 Å². The first-order chi connectivity index (χ1) is 13.2. The zero-order valence-corrected chi connectivity index (χ0v) is 16.1. The monoisotopic (exact) mass is 376 g/mol. The van der Waals surface area contributed by atoms with Crippen molar-refractivity contribution < 1.29 is 19.4 Å². The third kappa shape index (κ3) is 6.48. The number of nitrogens with one attached hydrogen (secondary N) is 1. The zero-order chi connectivity index (χ0) is 18.9. The highest BCUT2D eigenvalue weighted by Gasteiger charge is 2.29. The minimum Gasteiger partial charge on any atom is -0.486 e. The standard InChI is InChI=1S/C21H32N2O4/c24-15-17-5-7-18(8-6-17)27-20-16-26-14-10-19(20)22-21(25)9-13-23-11-3-1-2-4-12-23/h5-8,19-20,24H,1-4,9-16H2,(H,22,25)/t19-,20-/m1/s1. The van der Waals surface area contributed by atoms with Gasteiger partial charge >= 0.3 is 0 Å². The van der Waals surface area contributed by atoms with Crippen LogP contribution < -0.4 is 10.1 Å². The third-order valence-corrected chi connectivity index (χ3v) is 5.40. The van der Waals surface area contributed by atoms with Crippen molar-refractivity contribution in [1.82, 2.24) is 10.2 Å². The first kappa shape index (κ1) is 20.1. The normalized spacial score (nSPS) is 24.2. The van der Waals surface area contributed by atoms with Gasteiger partial charge in [0.1, 0.15) is 11.9 Å². The molecule has 3 rings (SSSR count). The summed E-state index contributed by atoms with van der Waals surface area (Å²) in [5.41, 5.74) is 0.848. The molecule has 0 aromatic heterocycles. The Hall–Kier alpha value is -1.63. The quantitative estimate of drug-likeness (QED) is 0.763. The van der Waals surface area contributed by atoms with Crippen molar-refractivity contribution in [3.63, 3.8) is 0 Å². The highest BCUT2D eigenvalue weighted by atomic mass is 16.5. The maximum absolute atomic E-state index is 12.5. The van der Waals surface area contributed by atoms with E-state index in [1.54, 1.807) is 0 Å². The van der Waals surface area contributed by atoms with Gasteiger partial charge in [0.15, 0.2) is 0 Å². The van der Waals surface area contributed by atoms with Crippen LogP contribution >= 0.6 is 0 Å². The van der Waals surface area contributed by atoms with Crippen molar-refractivity contribution in [2.24, 2.45) is 0 Å². The second-order valence-electron chi connectivity index (χ2n) is 7.50. The molecule has 0 radical (unpaired) electrons. The molecule has 0 bridgehead atoms. The van der Waals surface area contributed by atoms with Crippen molar-refractivity contribution in [2.75, 3.05) is 32.8 Å². The van der Waals surface area contributed by atoms with Crippen LogP contribution in [0.2, 0.25) is 0 Å². The van der Waals surface area contributed by atoms with Crippen LogP contribution in [0.4, 0.5) is 0 Å². The molecule has 2 N–H and O–H groups in total. The number of benzene rings is 1. The highest BCUT2D eigenvalue weighted by molar-refractivity contribution is 5.76. The number of nitrogens with zero attached hydrogens (tertiary/aromatic N) is 1. The molecule has 0 saturated carbocycles. The molecule has 0 aliphatic carbocycles. The lowest BCUT2D eigenvalue weighted by Gasteiger charge is -2.32. The van der Waals surface area contributed by atoms with E-state index in [-0.39, 0.29) is 24.7 Å². The largest absolute Gasteiger partial charge is 0.486 e. The Morgan fingerprint density at radius 2 is 1.93 bits per heavy atom. The van der Waals surface area contributed by atoms with Gasteiger partial charge < -0.3 is 24.8 Å². The second-order valence-corrected chi connectivity index (χ2v) is 7.50. The Bertz CT molecular complexity index is 570. The summed E-state index contributed by atoms with van der Waals surface area (Å²) in [5, 5.41) is 12.3. The third-order valence-electron chi connectivity index (χ3n) is 5.40. The summed E-state index contributed by atoms with van der Waals surface area (Å²) in [5.74, 6) is 0.821. The average molecular weight is 376 g/mol. The molecule has 2 aliphatic heterocycles. The molecule has 0 unspecified atom stereocenters. The molecule has 2 aliphatic rings. The number of likely N-dealkylation sites (tertiary alicyclic amines) is 1. The number of aliphatic hydroxyl groups excluding tert-OH is 1.